The monoisotopic (exact) mass is 333 g/mol. The van der Waals surface area contributed by atoms with Crippen LogP contribution >= 0.6 is 10.7 Å². The van der Waals surface area contributed by atoms with Gasteiger partial charge in [-0.05, 0) is 38.5 Å². The first-order valence-electron chi connectivity index (χ1n) is 6.71. The van der Waals surface area contributed by atoms with Crippen molar-refractivity contribution in [3.8, 4) is 5.75 Å². The summed E-state index contributed by atoms with van der Waals surface area (Å²) in [5, 5.41) is 0. The van der Waals surface area contributed by atoms with Crippen molar-refractivity contribution in [2.75, 3.05) is 13.7 Å². The highest BCUT2D eigenvalue weighted by Crippen LogP contribution is 2.28. The van der Waals surface area contributed by atoms with Crippen LogP contribution in [0.1, 0.15) is 37.6 Å². The van der Waals surface area contributed by atoms with Gasteiger partial charge < -0.3 is 9.64 Å². The van der Waals surface area contributed by atoms with Crippen LogP contribution in [0.4, 0.5) is 0 Å². The van der Waals surface area contributed by atoms with E-state index in [1.807, 2.05) is 13.8 Å². The van der Waals surface area contributed by atoms with E-state index in [2.05, 4.69) is 0 Å². The maximum absolute atomic E-state index is 12.3. The average Bonchev–Trinajstić information content (AvgIpc) is 2.44. The molecule has 1 unspecified atom stereocenters. The summed E-state index contributed by atoms with van der Waals surface area (Å²) < 4.78 is 28.5. The molecule has 0 aliphatic heterocycles. The first kappa shape index (κ1) is 17.8. The Hall–Kier alpha value is -1.27. The van der Waals surface area contributed by atoms with Crippen LogP contribution in [0.5, 0.6) is 5.75 Å². The highest BCUT2D eigenvalue weighted by molar-refractivity contribution is 8.13. The Bertz CT molecular complexity index is 615. The van der Waals surface area contributed by atoms with Crippen LogP contribution in [0.3, 0.4) is 0 Å². The van der Waals surface area contributed by atoms with Crippen LogP contribution in [0.25, 0.3) is 0 Å². The van der Waals surface area contributed by atoms with Crippen LogP contribution in [-0.2, 0) is 9.05 Å². The third kappa shape index (κ3) is 4.35. The van der Waals surface area contributed by atoms with Gasteiger partial charge in [-0.3, -0.25) is 4.79 Å². The van der Waals surface area contributed by atoms with E-state index < -0.39 is 9.05 Å². The lowest BCUT2D eigenvalue weighted by atomic mass is 10.1. The summed E-state index contributed by atoms with van der Waals surface area (Å²) in [5.41, 5.74) is 0.264. The number of hydrogen-bond donors (Lipinski definition) is 0. The van der Waals surface area contributed by atoms with E-state index in [1.54, 1.807) is 18.9 Å². The predicted octanol–water partition coefficient (Wildman–Crippen LogP) is 2.88. The Labute approximate surface area is 130 Å². The minimum Gasteiger partial charge on any atom is -0.492 e. The van der Waals surface area contributed by atoms with Gasteiger partial charge in [0.1, 0.15) is 10.6 Å². The van der Waals surface area contributed by atoms with Gasteiger partial charge in [0.15, 0.2) is 0 Å². The maximum Gasteiger partial charge on any atom is 0.265 e. The summed E-state index contributed by atoms with van der Waals surface area (Å²) in [6, 6.07) is 4.31. The molecule has 0 radical (unpaired) electrons. The van der Waals surface area contributed by atoms with Gasteiger partial charge in [-0.15, -0.1) is 0 Å². The molecule has 5 nitrogen and oxygen atoms in total. The van der Waals surface area contributed by atoms with Gasteiger partial charge in [0.05, 0.1) is 6.61 Å². The van der Waals surface area contributed by atoms with Crippen molar-refractivity contribution in [2.45, 2.75) is 38.1 Å². The lowest BCUT2D eigenvalue weighted by Gasteiger charge is -2.24. The predicted molar refractivity (Wildman–Crippen MR) is 82.5 cm³/mol. The first-order valence-corrected chi connectivity index (χ1v) is 9.01. The van der Waals surface area contributed by atoms with E-state index in [-0.39, 0.29) is 28.2 Å². The largest absolute Gasteiger partial charge is 0.492 e. The number of carbonyl (C=O) groups excluding carboxylic acids is 1. The van der Waals surface area contributed by atoms with E-state index in [9.17, 15) is 13.2 Å². The van der Waals surface area contributed by atoms with Gasteiger partial charge in [0, 0.05) is 29.3 Å². The molecule has 0 saturated carbocycles. The van der Waals surface area contributed by atoms with E-state index in [0.29, 0.717) is 6.61 Å². The molecule has 21 heavy (non-hydrogen) atoms. The van der Waals surface area contributed by atoms with Crippen molar-refractivity contribution in [1.82, 2.24) is 4.90 Å². The smallest absolute Gasteiger partial charge is 0.265 e. The van der Waals surface area contributed by atoms with Gasteiger partial charge in [-0.1, -0.05) is 6.92 Å². The Morgan fingerprint density at radius 3 is 2.48 bits per heavy atom. The minimum atomic E-state index is -3.99. The van der Waals surface area contributed by atoms with Crippen LogP contribution in [-0.4, -0.2) is 38.9 Å². The molecule has 1 atom stereocenters. The number of ether oxygens (including phenoxy) is 1. The van der Waals surface area contributed by atoms with Crippen molar-refractivity contribution < 1.29 is 17.9 Å². The Morgan fingerprint density at radius 1 is 1.38 bits per heavy atom. The lowest BCUT2D eigenvalue weighted by molar-refractivity contribution is 0.0740. The SMILES string of the molecule is CCOc1ccc(C(=O)N(C)C(C)CC)cc1S(=O)(=O)Cl. The van der Waals surface area contributed by atoms with Crippen molar-refractivity contribution in [3.05, 3.63) is 23.8 Å². The molecule has 0 bridgehead atoms. The molecule has 1 aromatic carbocycles. The van der Waals surface area contributed by atoms with Gasteiger partial charge in [0.2, 0.25) is 0 Å². The molecule has 0 fully saturated rings. The lowest BCUT2D eigenvalue weighted by Crippen LogP contribution is -2.34. The molecule has 7 heteroatoms. The number of benzene rings is 1. The number of rotatable bonds is 6. The van der Waals surface area contributed by atoms with Crippen molar-refractivity contribution >= 4 is 25.6 Å². The standard InChI is InChI=1S/C14H20ClNO4S/c1-5-10(3)16(4)14(17)11-7-8-12(20-6-2)13(9-11)21(15,18)19/h7-10H,5-6H2,1-4H3. The molecule has 0 aromatic heterocycles. The fourth-order valence-corrected chi connectivity index (χ4v) is 2.78. The van der Waals surface area contributed by atoms with Crippen molar-refractivity contribution in [1.29, 1.82) is 0 Å². The summed E-state index contributed by atoms with van der Waals surface area (Å²) in [6.07, 6.45) is 0.805. The number of hydrogen-bond acceptors (Lipinski definition) is 4. The molecule has 0 N–H and O–H groups in total. The van der Waals surface area contributed by atoms with Gasteiger partial charge in [-0.25, -0.2) is 8.42 Å². The first-order chi connectivity index (χ1) is 9.72. The molecule has 1 amide bonds. The Balaban J connectivity index is 3.25. The van der Waals surface area contributed by atoms with E-state index in [4.69, 9.17) is 15.4 Å². The quantitative estimate of drug-likeness (QED) is 0.751. The van der Waals surface area contributed by atoms with E-state index in [0.717, 1.165) is 6.42 Å². The topological polar surface area (TPSA) is 63.7 Å². The average molecular weight is 334 g/mol. The summed E-state index contributed by atoms with van der Waals surface area (Å²) in [7, 11) is 3.11. The van der Waals surface area contributed by atoms with Crippen LogP contribution < -0.4 is 4.74 Å². The van der Waals surface area contributed by atoms with Crippen molar-refractivity contribution in [2.24, 2.45) is 0 Å². The molecule has 0 aliphatic rings. The number of carbonyl (C=O) groups is 1. The highest BCUT2D eigenvalue weighted by Gasteiger charge is 2.22. The zero-order valence-corrected chi connectivity index (χ0v) is 14.2. The maximum atomic E-state index is 12.3. The normalized spacial score (nSPS) is 12.8. The van der Waals surface area contributed by atoms with Crippen LogP contribution in [0.2, 0.25) is 0 Å². The third-order valence-electron chi connectivity index (χ3n) is 3.33. The molecule has 118 valence electrons. The fraction of sp³-hybridized carbons (Fsp3) is 0.500. The summed E-state index contributed by atoms with van der Waals surface area (Å²) in [6.45, 7) is 5.94. The van der Waals surface area contributed by atoms with Crippen LogP contribution in [0, 0.1) is 0 Å². The zero-order chi connectivity index (χ0) is 16.2. The van der Waals surface area contributed by atoms with Gasteiger partial charge >= 0.3 is 0 Å². The van der Waals surface area contributed by atoms with E-state index in [1.165, 1.54) is 18.2 Å². The molecular weight excluding hydrogens is 314 g/mol. The fourth-order valence-electron chi connectivity index (χ4n) is 1.78. The van der Waals surface area contributed by atoms with E-state index >= 15 is 0 Å². The van der Waals surface area contributed by atoms with Gasteiger partial charge in [0.25, 0.3) is 15.0 Å². The third-order valence-corrected chi connectivity index (χ3v) is 4.67. The second kappa shape index (κ2) is 7.13. The molecule has 1 rings (SSSR count). The molecule has 0 saturated heterocycles. The number of amides is 1. The zero-order valence-electron chi connectivity index (χ0n) is 12.6. The number of halogens is 1. The summed E-state index contributed by atoms with van der Waals surface area (Å²) in [5.74, 6) is -0.107. The minimum absolute atomic E-state index is 0.0557. The van der Waals surface area contributed by atoms with Crippen LogP contribution in [0.15, 0.2) is 23.1 Å². The number of nitrogens with zero attached hydrogens (tertiary/aromatic N) is 1. The second-order valence-electron chi connectivity index (χ2n) is 4.71. The molecule has 0 spiro atoms. The molecule has 1 aromatic rings. The molecule has 0 heterocycles. The highest BCUT2D eigenvalue weighted by atomic mass is 35.7. The Morgan fingerprint density at radius 2 is 2.00 bits per heavy atom. The molecule has 0 aliphatic carbocycles. The Kier molecular flexibility index (Phi) is 6.04. The summed E-state index contributed by atoms with van der Waals surface area (Å²) in [4.78, 5) is 13.7. The molecular formula is C14H20ClNO4S. The second-order valence-corrected chi connectivity index (χ2v) is 7.24. The van der Waals surface area contributed by atoms with Gasteiger partial charge in [-0.2, -0.15) is 0 Å². The van der Waals surface area contributed by atoms with Crippen molar-refractivity contribution in [3.63, 3.8) is 0 Å². The summed E-state index contributed by atoms with van der Waals surface area (Å²) >= 11 is 0.